The maximum Gasteiger partial charge on any atom is 0.254 e. The molecule has 0 aromatic carbocycles. The second-order valence-electron chi connectivity index (χ2n) is 7.08. The van der Waals surface area contributed by atoms with Crippen molar-refractivity contribution >= 4 is 5.91 Å². The molecule has 0 spiro atoms. The van der Waals surface area contributed by atoms with Crippen LogP contribution in [0.25, 0.3) is 0 Å². The SMILES string of the molecule is CC(C)(C)n1cc(C(=O)NCCCOCC2CCOCC2)cn1. The van der Waals surface area contributed by atoms with Crippen LogP contribution in [0.2, 0.25) is 0 Å². The molecule has 1 aromatic heterocycles. The first kappa shape index (κ1) is 17.9. The average molecular weight is 323 g/mol. The molecular weight excluding hydrogens is 294 g/mol. The zero-order valence-corrected chi connectivity index (χ0v) is 14.5. The Bertz CT molecular complexity index is 488. The predicted octanol–water partition coefficient (Wildman–Crippen LogP) is 2.20. The van der Waals surface area contributed by atoms with Gasteiger partial charge < -0.3 is 14.8 Å². The highest BCUT2D eigenvalue weighted by molar-refractivity contribution is 5.93. The third-order valence-corrected chi connectivity index (χ3v) is 3.98. The fraction of sp³-hybridized carbons (Fsp3) is 0.765. The molecule has 1 amide bonds. The molecule has 6 nitrogen and oxygen atoms in total. The summed E-state index contributed by atoms with van der Waals surface area (Å²) in [6.45, 7) is 9.97. The lowest BCUT2D eigenvalue weighted by atomic mass is 10.0. The number of amides is 1. The Balaban J connectivity index is 1.58. The monoisotopic (exact) mass is 323 g/mol. The smallest absolute Gasteiger partial charge is 0.254 e. The van der Waals surface area contributed by atoms with Gasteiger partial charge in [-0.2, -0.15) is 5.10 Å². The molecule has 0 bridgehead atoms. The minimum atomic E-state index is -0.115. The third-order valence-electron chi connectivity index (χ3n) is 3.98. The number of aromatic nitrogens is 2. The maximum absolute atomic E-state index is 12.0. The van der Waals surface area contributed by atoms with Gasteiger partial charge in [-0.15, -0.1) is 0 Å². The number of ether oxygens (including phenoxy) is 2. The number of carbonyl (C=O) groups is 1. The number of carbonyl (C=O) groups excluding carboxylic acids is 1. The molecule has 6 heteroatoms. The summed E-state index contributed by atoms with van der Waals surface area (Å²) < 4.78 is 12.8. The zero-order valence-electron chi connectivity index (χ0n) is 14.5. The van der Waals surface area contributed by atoms with E-state index in [1.807, 2.05) is 0 Å². The van der Waals surface area contributed by atoms with Crippen LogP contribution in [0.1, 0.15) is 50.4 Å². The van der Waals surface area contributed by atoms with Crippen molar-refractivity contribution in [3.63, 3.8) is 0 Å². The molecule has 1 aliphatic heterocycles. The van der Waals surface area contributed by atoms with Crippen LogP contribution >= 0.6 is 0 Å². The van der Waals surface area contributed by atoms with Gasteiger partial charge in [0.25, 0.3) is 5.91 Å². The van der Waals surface area contributed by atoms with Crippen LogP contribution in [0.4, 0.5) is 0 Å². The molecule has 1 saturated heterocycles. The number of nitrogens with one attached hydrogen (secondary N) is 1. The Morgan fingerprint density at radius 1 is 1.43 bits per heavy atom. The van der Waals surface area contributed by atoms with E-state index in [0.29, 0.717) is 24.6 Å². The summed E-state index contributed by atoms with van der Waals surface area (Å²) in [7, 11) is 0. The fourth-order valence-electron chi connectivity index (χ4n) is 2.45. The molecule has 1 fully saturated rings. The number of hydrogen-bond donors (Lipinski definition) is 1. The van der Waals surface area contributed by atoms with Crippen LogP contribution in [0, 0.1) is 5.92 Å². The van der Waals surface area contributed by atoms with Crippen molar-refractivity contribution < 1.29 is 14.3 Å². The molecule has 2 heterocycles. The largest absolute Gasteiger partial charge is 0.381 e. The molecule has 0 atom stereocenters. The van der Waals surface area contributed by atoms with E-state index in [2.05, 4.69) is 31.2 Å². The lowest BCUT2D eigenvalue weighted by Gasteiger charge is -2.21. The van der Waals surface area contributed by atoms with Crippen LogP contribution in [0.5, 0.6) is 0 Å². The van der Waals surface area contributed by atoms with E-state index in [1.54, 1.807) is 17.1 Å². The van der Waals surface area contributed by atoms with Gasteiger partial charge in [0.05, 0.1) is 17.3 Å². The first-order valence-corrected chi connectivity index (χ1v) is 8.45. The highest BCUT2D eigenvalue weighted by Crippen LogP contribution is 2.15. The maximum atomic E-state index is 12.0. The van der Waals surface area contributed by atoms with E-state index >= 15 is 0 Å². The van der Waals surface area contributed by atoms with Crippen molar-refractivity contribution in [2.45, 2.75) is 45.6 Å². The Kier molecular flexibility index (Phi) is 6.59. The van der Waals surface area contributed by atoms with Crippen molar-refractivity contribution in [3.8, 4) is 0 Å². The molecule has 2 rings (SSSR count). The first-order valence-electron chi connectivity index (χ1n) is 8.45. The minimum absolute atomic E-state index is 0.0788. The van der Waals surface area contributed by atoms with Crippen molar-refractivity contribution in [1.82, 2.24) is 15.1 Å². The van der Waals surface area contributed by atoms with Crippen molar-refractivity contribution in [2.75, 3.05) is 33.0 Å². The second kappa shape index (κ2) is 8.45. The molecule has 130 valence electrons. The molecule has 1 aromatic rings. The Labute approximate surface area is 138 Å². The van der Waals surface area contributed by atoms with Crippen LogP contribution in [-0.2, 0) is 15.0 Å². The van der Waals surface area contributed by atoms with Gasteiger partial charge in [-0.05, 0) is 46.0 Å². The standard InChI is InChI=1S/C17H29N3O3/c1-17(2,3)20-12-15(11-19-20)16(21)18-7-4-8-23-13-14-5-9-22-10-6-14/h11-12,14H,4-10,13H2,1-3H3,(H,18,21). The lowest BCUT2D eigenvalue weighted by Crippen LogP contribution is -2.26. The van der Waals surface area contributed by atoms with E-state index in [9.17, 15) is 4.79 Å². The van der Waals surface area contributed by atoms with Crippen molar-refractivity contribution in [2.24, 2.45) is 5.92 Å². The first-order chi connectivity index (χ1) is 11.0. The quantitative estimate of drug-likeness (QED) is 0.781. The summed E-state index contributed by atoms with van der Waals surface area (Å²) in [5.41, 5.74) is 0.485. The van der Waals surface area contributed by atoms with Crippen molar-refractivity contribution in [1.29, 1.82) is 0 Å². The van der Waals surface area contributed by atoms with Gasteiger partial charge in [-0.1, -0.05) is 0 Å². The van der Waals surface area contributed by atoms with Gasteiger partial charge in [0.2, 0.25) is 0 Å². The summed E-state index contributed by atoms with van der Waals surface area (Å²) >= 11 is 0. The predicted molar refractivity (Wildman–Crippen MR) is 88.5 cm³/mol. The van der Waals surface area contributed by atoms with Gasteiger partial charge in [0.1, 0.15) is 0 Å². The van der Waals surface area contributed by atoms with E-state index in [0.717, 1.165) is 39.1 Å². The molecule has 0 aliphatic carbocycles. The molecule has 0 saturated carbocycles. The van der Waals surface area contributed by atoms with Gasteiger partial charge in [0.15, 0.2) is 0 Å². The lowest BCUT2D eigenvalue weighted by molar-refractivity contribution is 0.0202. The van der Waals surface area contributed by atoms with E-state index in [4.69, 9.17) is 9.47 Å². The fourth-order valence-corrected chi connectivity index (χ4v) is 2.45. The topological polar surface area (TPSA) is 65.4 Å². The third kappa shape index (κ3) is 5.95. The van der Waals surface area contributed by atoms with E-state index in [-0.39, 0.29) is 11.4 Å². The number of hydrogen-bond acceptors (Lipinski definition) is 4. The van der Waals surface area contributed by atoms with E-state index < -0.39 is 0 Å². The summed E-state index contributed by atoms with van der Waals surface area (Å²) in [5.74, 6) is 0.548. The van der Waals surface area contributed by atoms with Gasteiger partial charge >= 0.3 is 0 Å². The van der Waals surface area contributed by atoms with Crippen LogP contribution in [0.15, 0.2) is 12.4 Å². The molecular formula is C17H29N3O3. The summed E-state index contributed by atoms with van der Waals surface area (Å²) in [5, 5.41) is 7.15. The Morgan fingerprint density at radius 3 is 2.83 bits per heavy atom. The summed E-state index contributed by atoms with van der Waals surface area (Å²) in [6, 6.07) is 0. The molecule has 23 heavy (non-hydrogen) atoms. The van der Waals surface area contributed by atoms with Gasteiger partial charge in [-0.3, -0.25) is 9.48 Å². The van der Waals surface area contributed by atoms with E-state index in [1.165, 1.54) is 0 Å². The van der Waals surface area contributed by atoms with Crippen LogP contribution in [0.3, 0.4) is 0 Å². The summed E-state index contributed by atoms with van der Waals surface area (Å²) in [4.78, 5) is 12.0. The second-order valence-corrected chi connectivity index (χ2v) is 7.08. The van der Waals surface area contributed by atoms with Gasteiger partial charge in [-0.25, -0.2) is 0 Å². The highest BCUT2D eigenvalue weighted by atomic mass is 16.5. The number of rotatable bonds is 7. The minimum Gasteiger partial charge on any atom is -0.381 e. The molecule has 1 N–H and O–H groups in total. The molecule has 0 radical (unpaired) electrons. The normalized spacial score (nSPS) is 16.5. The van der Waals surface area contributed by atoms with Crippen LogP contribution < -0.4 is 5.32 Å². The average Bonchev–Trinajstić information content (AvgIpc) is 3.02. The molecule has 1 aliphatic rings. The zero-order chi connectivity index (χ0) is 16.7. The van der Waals surface area contributed by atoms with Crippen molar-refractivity contribution in [3.05, 3.63) is 18.0 Å². The van der Waals surface area contributed by atoms with Gasteiger partial charge in [0, 0.05) is 39.2 Å². The number of nitrogens with zero attached hydrogens (tertiary/aromatic N) is 2. The highest BCUT2D eigenvalue weighted by Gasteiger charge is 2.16. The Morgan fingerprint density at radius 2 is 2.17 bits per heavy atom. The Hall–Kier alpha value is -1.40. The summed E-state index contributed by atoms with van der Waals surface area (Å²) in [6.07, 6.45) is 6.41. The molecule has 0 unspecified atom stereocenters. The van der Waals surface area contributed by atoms with Crippen LogP contribution in [-0.4, -0.2) is 48.7 Å².